The van der Waals surface area contributed by atoms with Gasteiger partial charge in [0, 0.05) is 12.0 Å². The number of carbonyl (C=O) groups is 2. The summed E-state index contributed by atoms with van der Waals surface area (Å²) in [4.78, 5) is 25.8. The average molecular weight is 463 g/mol. The largest absolute Gasteiger partial charge is 0.457 e. The molecule has 0 radical (unpaired) electrons. The zero-order valence-corrected chi connectivity index (χ0v) is 18.9. The van der Waals surface area contributed by atoms with Gasteiger partial charge in [-0.15, -0.1) is 0 Å². The Labute approximate surface area is 191 Å². The number of halogens is 3. The van der Waals surface area contributed by atoms with Gasteiger partial charge in [-0.2, -0.15) is 13.2 Å². The number of carbonyl (C=O) groups excluding carboxylic acids is 2. The topological polar surface area (TPSA) is 66.8 Å². The van der Waals surface area contributed by atoms with Crippen LogP contribution in [0.5, 0.6) is 11.5 Å². The number of rotatable bonds is 8. The first kappa shape index (κ1) is 24.8. The van der Waals surface area contributed by atoms with Crippen LogP contribution in [0, 0.1) is 5.92 Å². The lowest BCUT2D eigenvalue weighted by Crippen LogP contribution is -2.64. The fourth-order valence-electron chi connectivity index (χ4n) is 4.05. The van der Waals surface area contributed by atoms with E-state index < -0.39 is 17.3 Å². The second-order valence-electron chi connectivity index (χ2n) is 9.02. The maximum absolute atomic E-state index is 13.4. The number of nitrogens with zero attached hydrogens (tertiary/aromatic N) is 1. The molecule has 8 heteroatoms. The van der Waals surface area contributed by atoms with Crippen LogP contribution in [0.25, 0.3) is 0 Å². The summed E-state index contributed by atoms with van der Waals surface area (Å²) in [5.74, 6) is 0.0938. The molecule has 0 aliphatic carbocycles. The zero-order chi connectivity index (χ0) is 24.4. The van der Waals surface area contributed by atoms with Crippen LogP contribution in [0.1, 0.15) is 55.1 Å². The highest BCUT2D eigenvalue weighted by Gasteiger charge is 2.43. The summed E-state index contributed by atoms with van der Waals surface area (Å²) in [7, 11) is 0. The van der Waals surface area contributed by atoms with Gasteiger partial charge in [-0.25, -0.2) is 0 Å². The Kier molecular flexibility index (Phi) is 7.17. The molecule has 0 saturated carbocycles. The minimum absolute atomic E-state index is 0.0484. The molecule has 1 fully saturated rings. The number of hydrogen-bond acceptors (Lipinski definition) is 4. The third-order valence-electron chi connectivity index (χ3n) is 5.49. The second-order valence-corrected chi connectivity index (χ2v) is 9.02. The molecule has 0 aromatic heterocycles. The van der Waals surface area contributed by atoms with Gasteiger partial charge in [0.25, 0.3) is 0 Å². The average Bonchev–Trinajstić information content (AvgIpc) is 2.70. The SMILES string of the molecule is CCC(=O)c1ccc(Oc2cc(CC(=O)N3CC(O)(CC(C)C)C3)cc(C(F)(F)F)c2)cc1. The number of hydrogen-bond donors (Lipinski definition) is 1. The van der Waals surface area contributed by atoms with E-state index in [0.29, 0.717) is 18.4 Å². The molecule has 1 aliphatic heterocycles. The van der Waals surface area contributed by atoms with Crippen LogP contribution in [0.2, 0.25) is 0 Å². The van der Waals surface area contributed by atoms with Crippen molar-refractivity contribution < 1.29 is 32.6 Å². The van der Waals surface area contributed by atoms with E-state index in [1.54, 1.807) is 19.1 Å². The van der Waals surface area contributed by atoms with Crippen molar-refractivity contribution >= 4 is 11.7 Å². The van der Waals surface area contributed by atoms with Crippen molar-refractivity contribution in [1.29, 1.82) is 0 Å². The summed E-state index contributed by atoms with van der Waals surface area (Å²) in [6.45, 7) is 6.04. The smallest absolute Gasteiger partial charge is 0.416 e. The Hall–Kier alpha value is -2.87. The van der Waals surface area contributed by atoms with Crippen molar-refractivity contribution in [2.45, 2.75) is 51.8 Å². The number of ketones is 1. The monoisotopic (exact) mass is 463 g/mol. The number of ether oxygens (including phenoxy) is 1. The van der Waals surface area contributed by atoms with Crippen molar-refractivity contribution in [2.75, 3.05) is 13.1 Å². The molecule has 5 nitrogen and oxygen atoms in total. The Morgan fingerprint density at radius 1 is 1.09 bits per heavy atom. The lowest BCUT2D eigenvalue weighted by molar-refractivity contribution is -0.157. The first-order valence-electron chi connectivity index (χ1n) is 10.9. The minimum Gasteiger partial charge on any atom is -0.457 e. The molecule has 33 heavy (non-hydrogen) atoms. The van der Waals surface area contributed by atoms with E-state index in [4.69, 9.17) is 4.74 Å². The van der Waals surface area contributed by atoms with E-state index in [9.17, 15) is 27.9 Å². The predicted octanol–water partition coefficient (Wildman–Crippen LogP) is 5.25. The highest BCUT2D eigenvalue weighted by molar-refractivity contribution is 5.95. The summed E-state index contributed by atoms with van der Waals surface area (Å²) >= 11 is 0. The van der Waals surface area contributed by atoms with Crippen LogP contribution < -0.4 is 4.74 Å². The second kappa shape index (κ2) is 9.55. The molecule has 2 aromatic rings. The van der Waals surface area contributed by atoms with E-state index in [1.807, 2.05) is 13.8 Å². The van der Waals surface area contributed by atoms with E-state index in [2.05, 4.69) is 0 Å². The number of β-amino-alcohol motifs (C(OH)–C–C–N with tert-alkyl or cyclic N) is 1. The Bertz CT molecular complexity index is 1010. The Balaban J connectivity index is 1.75. The third kappa shape index (κ3) is 6.35. The molecular weight excluding hydrogens is 435 g/mol. The summed E-state index contributed by atoms with van der Waals surface area (Å²) in [5.41, 5.74) is -1.19. The molecule has 3 rings (SSSR count). The molecule has 0 atom stereocenters. The van der Waals surface area contributed by atoms with Crippen molar-refractivity contribution in [3.63, 3.8) is 0 Å². The van der Waals surface area contributed by atoms with Crippen LogP contribution in [0.15, 0.2) is 42.5 Å². The number of amides is 1. The Morgan fingerprint density at radius 3 is 2.27 bits per heavy atom. The molecule has 2 aromatic carbocycles. The number of Topliss-reactive ketones (excluding diaryl/α,β-unsaturated/α-hetero) is 1. The lowest BCUT2D eigenvalue weighted by atomic mass is 9.85. The standard InChI is InChI=1S/C25H28F3NO4/c1-4-22(30)18-5-7-20(8-6-18)33-21-10-17(9-19(12-21)25(26,27)28)11-23(31)29-14-24(32,15-29)13-16(2)3/h5-10,12,16,32H,4,11,13-15H2,1-3H3. The van der Waals surface area contributed by atoms with Gasteiger partial charge in [-0.1, -0.05) is 20.8 Å². The van der Waals surface area contributed by atoms with Crippen LogP contribution in [-0.4, -0.2) is 40.4 Å². The number of aliphatic hydroxyl groups is 1. The molecule has 0 spiro atoms. The molecule has 1 heterocycles. The molecule has 178 valence electrons. The normalized spacial score (nSPS) is 15.3. The predicted molar refractivity (Wildman–Crippen MR) is 117 cm³/mol. The van der Waals surface area contributed by atoms with Crippen LogP contribution in [0.3, 0.4) is 0 Å². The number of likely N-dealkylation sites (tertiary alicyclic amines) is 1. The Morgan fingerprint density at radius 2 is 1.73 bits per heavy atom. The van der Waals surface area contributed by atoms with Gasteiger partial charge in [0.1, 0.15) is 11.5 Å². The zero-order valence-electron chi connectivity index (χ0n) is 18.9. The maximum atomic E-state index is 13.4. The molecule has 1 amide bonds. The van der Waals surface area contributed by atoms with Gasteiger partial charge in [0.2, 0.25) is 5.91 Å². The lowest BCUT2D eigenvalue weighted by Gasteiger charge is -2.47. The van der Waals surface area contributed by atoms with Crippen molar-refractivity contribution in [3.05, 3.63) is 59.2 Å². The van der Waals surface area contributed by atoms with Crippen molar-refractivity contribution in [3.8, 4) is 11.5 Å². The molecule has 0 unspecified atom stereocenters. The highest BCUT2D eigenvalue weighted by atomic mass is 19.4. The van der Waals surface area contributed by atoms with Crippen LogP contribution >= 0.6 is 0 Å². The molecule has 1 N–H and O–H groups in total. The van der Waals surface area contributed by atoms with E-state index in [0.717, 1.165) is 12.1 Å². The summed E-state index contributed by atoms with van der Waals surface area (Å²) in [6.07, 6.45) is -3.94. The quantitative estimate of drug-likeness (QED) is 0.543. The minimum atomic E-state index is -4.61. The van der Waals surface area contributed by atoms with Gasteiger partial charge in [-0.3, -0.25) is 9.59 Å². The van der Waals surface area contributed by atoms with Crippen molar-refractivity contribution in [1.82, 2.24) is 4.90 Å². The fourth-order valence-corrected chi connectivity index (χ4v) is 4.05. The van der Waals surface area contributed by atoms with Gasteiger partial charge in [0.15, 0.2) is 5.78 Å². The van der Waals surface area contributed by atoms with Gasteiger partial charge < -0.3 is 14.7 Å². The third-order valence-corrected chi connectivity index (χ3v) is 5.49. The van der Waals surface area contributed by atoms with E-state index >= 15 is 0 Å². The number of alkyl halides is 3. The van der Waals surface area contributed by atoms with Crippen molar-refractivity contribution in [2.24, 2.45) is 5.92 Å². The number of benzene rings is 2. The molecule has 0 bridgehead atoms. The highest BCUT2D eigenvalue weighted by Crippen LogP contribution is 2.35. The van der Waals surface area contributed by atoms with E-state index in [-0.39, 0.29) is 54.2 Å². The maximum Gasteiger partial charge on any atom is 0.416 e. The molecule has 1 saturated heterocycles. The fraction of sp³-hybridized carbons (Fsp3) is 0.440. The summed E-state index contributed by atoms with van der Waals surface area (Å²) in [6, 6.07) is 9.37. The van der Waals surface area contributed by atoms with Gasteiger partial charge in [-0.05, 0) is 60.4 Å². The summed E-state index contributed by atoms with van der Waals surface area (Å²) in [5, 5.41) is 10.4. The van der Waals surface area contributed by atoms with Crippen LogP contribution in [0.4, 0.5) is 13.2 Å². The molecular formula is C25H28F3NO4. The van der Waals surface area contributed by atoms with Crippen LogP contribution in [-0.2, 0) is 17.4 Å². The van der Waals surface area contributed by atoms with E-state index in [1.165, 1.54) is 23.1 Å². The first-order valence-corrected chi connectivity index (χ1v) is 10.9. The summed E-state index contributed by atoms with van der Waals surface area (Å²) < 4.78 is 45.9. The van der Waals surface area contributed by atoms with Gasteiger partial charge in [0.05, 0.1) is 30.7 Å². The first-order chi connectivity index (χ1) is 15.4. The van der Waals surface area contributed by atoms with Gasteiger partial charge >= 0.3 is 6.18 Å². The molecule has 1 aliphatic rings.